The van der Waals surface area contributed by atoms with Gasteiger partial charge < -0.3 is 20.1 Å². The monoisotopic (exact) mass is 214 g/mol. The molecule has 0 aliphatic carbocycles. The molecule has 2 aliphatic heterocycles. The van der Waals surface area contributed by atoms with Gasteiger partial charge in [0.25, 0.3) is 0 Å². The molecule has 5 heteroatoms. The molecule has 0 aromatic rings. The first kappa shape index (κ1) is 10.9. The van der Waals surface area contributed by atoms with E-state index < -0.39 is 5.54 Å². The lowest BCUT2D eigenvalue weighted by atomic mass is 9.98. The van der Waals surface area contributed by atoms with Crippen molar-refractivity contribution in [2.24, 2.45) is 5.73 Å². The predicted molar refractivity (Wildman–Crippen MR) is 54.4 cm³/mol. The normalized spacial score (nSPS) is 32.7. The molecule has 1 unspecified atom stereocenters. The lowest BCUT2D eigenvalue weighted by Crippen LogP contribution is -2.56. The molecule has 0 radical (unpaired) electrons. The summed E-state index contributed by atoms with van der Waals surface area (Å²) in [6.07, 6.45) is 1.52. The van der Waals surface area contributed by atoms with Crippen molar-refractivity contribution in [1.29, 1.82) is 0 Å². The van der Waals surface area contributed by atoms with Crippen LogP contribution in [0.1, 0.15) is 12.8 Å². The summed E-state index contributed by atoms with van der Waals surface area (Å²) in [5.41, 5.74) is 5.24. The van der Waals surface area contributed by atoms with Crippen molar-refractivity contribution in [3.05, 3.63) is 0 Å². The van der Waals surface area contributed by atoms with E-state index in [2.05, 4.69) is 0 Å². The van der Waals surface area contributed by atoms with Crippen molar-refractivity contribution in [2.45, 2.75) is 18.4 Å². The zero-order valence-corrected chi connectivity index (χ0v) is 8.91. The summed E-state index contributed by atoms with van der Waals surface area (Å²) in [6.45, 7) is 3.69. The Morgan fingerprint density at radius 3 is 2.80 bits per heavy atom. The number of nitrogens with two attached hydrogens (primary N) is 1. The predicted octanol–water partition coefficient (Wildman–Crippen LogP) is -0.647. The van der Waals surface area contributed by atoms with Crippen molar-refractivity contribution >= 4 is 5.91 Å². The molecular formula is C10H18N2O3. The van der Waals surface area contributed by atoms with Crippen LogP contribution in [0.15, 0.2) is 0 Å². The summed E-state index contributed by atoms with van der Waals surface area (Å²) >= 11 is 0. The quantitative estimate of drug-likeness (QED) is 0.630. The minimum atomic E-state index is -0.787. The van der Waals surface area contributed by atoms with Crippen LogP contribution in [0, 0.1) is 0 Å². The number of amides is 1. The molecule has 0 saturated carbocycles. The minimum absolute atomic E-state index is 0.0190. The van der Waals surface area contributed by atoms with Gasteiger partial charge in [0.1, 0.15) is 5.54 Å². The highest BCUT2D eigenvalue weighted by molar-refractivity contribution is 5.86. The van der Waals surface area contributed by atoms with Gasteiger partial charge >= 0.3 is 0 Å². The van der Waals surface area contributed by atoms with E-state index in [0.717, 1.165) is 19.6 Å². The molecule has 1 amide bonds. The third-order valence-corrected chi connectivity index (χ3v) is 2.99. The van der Waals surface area contributed by atoms with E-state index in [1.165, 1.54) is 0 Å². The van der Waals surface area contributed by atoms with Crippen LogP contribution in [0.4, 0.5) is 0 Å². The van der Waals surface area contributed by atoms with Crippen molar-refractivity contribution in [1.82, 2.24) is 4.90 Å². The molecule has 2 fully saturated rings. The third-order valence-electron chi connectivity index (χ3n) is 2.99. The molecule has 86 valence electrons. The molecule has 1 atom stereocenters. The number of rotatable bonds is 1. The second-order valence-electron chi connectivity index (χ2n) is 4.22. The fraction of sp³-hybridized carbons (Fsp3) is 0.900. The average Bonchev–Trinajstić information content (AvgIpc) is 2.54. The van der Waals surface area contributed by atoms with Crippen LogP contribution in [0.2, 0.25) is 0 Å². The van der Waals surface area contributed by atoms with Crippen LogP contribution in [0.25, 0.3) is 0 Å². The van der Waals surface area contributed by atoms with Gasteiger partial charge in [-0.1, -0.05) is 0 Å². The van der Waals surface area contributed by atoms with Gasteiger partial charge in [0, 0.05) is 26.3 Å². The second-order valence-corrected chi connectivity index (χ2v) is 4.22. The van der Waals surface area contributed by atoms with Crippen LogP contribution < -0.4 is 5.73 Å². The van der Waals surface area contributed by atoms with Gasteiger partial charge in [0.05, 0.1) is 13.2 Å². The molecule has 2 heterocycles. The molecular weight excluding hydrogens is 196 g/mol. The zero-order chi connectivity index (χ0) is 10.7. The summed E-state index contributed by atoms with van der Waals surface area (Å²) in [5, 5.41) is 0. The molecule has 2 aliphatic rings. The van der Waals surface area contributed by atoms with Gasteiger partial charge in [-0.25, -0.2) is 0 Å². The van der Waals surface area contributed by atoms with Crippen molar-refractivity contribution in [3.63, 3.8) is 0 Å². The lowest BCUT2D eigenvalue weighted by molar-refractivity contribution is -0.137. The highest BCUT2D eigenvalue weighted by Gasteiger charge is 2.40. The topological polar surface area (TPSA) is 64.8 Å². The van der Waals surface area contributed by atoms with E-state index in [4.69, 9.17) is 15.2 Å². The van der Waals surface area contributed by atoms with Crippen molar-refractivity contribution in [2.75, 3.05) is 39.5 Å². The van der Waals surface area contributed by atoms with E-state index in [-0.39, 0.29) is 5.91 Å². The maximum absolute atomic E-state index is 12.1. The molecule has 2 rings (SSSR count). The van der Waals surface area contributed by atoms with Crippen molar-refractivity contribution in [3.8, 4) is 0 Å². The maximum Gasteiger partial charge on any atom is 0.245 e. The Balaban J connectivity index is 1.98. The van der Waals surface area contributed by atoms with Crippen LogP contribution in [-0.4, -0.2) is 55.9 Å². The van der Waals surface area contributed by atoms with Gasteiger partial charge in [-0.15, -0.1) is 0 Å². The van der Waals surface area contributed by atoms with Gasteiger partial charge in [-0.05, 0) is 12.8 Å². The summed E-state index contributed by atoms with van der Waals surface area (Å²) in [6, 6.07) is 0. The van der Waals surface area contributed by atoms with Gasteiger partial charge in [0.2, 0.25) is 5.91 Å². The third kappa shape index (κ3) is 2.30. The Morgan fingerprint density at radius 2 is 2.07 bits per heavy atom. The second kappa shape index (κ2) is 4.47. The Hall–Kier alpha value is -0.650. The average molecular weight is 214 g/mol. The fourth-order valence-corrected chi connectivity index (χ4v) is 2.01. The standard InChI is InChI=1S/C10H18N2O3/c11-10(2-6-15-8-10)9(13)12-3-1-5-14-7-4-12/h1-8,11H2. The van der Waals surface area contributed by atoms with E-state index in [1.54, 1.807) is 0 Å². The van der Waals surface area contributed by atoms with E-state index in [0.29, 0.717) is 32.8 Å². The Kier molecular flexibility index (Phi) is 3.23. The van der Waals surface area contributed by atoms with E-state index in [1.807, 2.05) is 4.90 Å². The van der Waals surface area contributed by atoms with E-state index in [9.17, 15) is 4.79 Å². The van der Waals surface area contributed by atoms with Gasteiger partial charge in [0.15, 0.2) is 0 Å². The molecule has 0 aromatic carbocycles. The molecule has 0 spiro atoms. The zero-order valence-electron chi connectivity index (χ0n) is 8.91. The Morgan fingerprint density at radius 1 is 1.20 bits per heavy atom. The first-order valence-corrected chi connectivity index (χ1v) is 5.46. The number of carbonyl (C=O) groups is 1. The van der Waals surface area contributed by atoms with Gasteiger partial charge in [-0.3, -0.25) is 4.79 Å². The SMILES string of the molecule is NC1(C(=O)N2CCCOCC2)CCOC1. The highest BCUT2D eigenvalue weighted by Crippen LogP contribution is 2.19. The van der Waals surface area contributed by atoms with Gasteiger partial charge in [-0.2, -0.15) is 0 Å². The largest absolute Gasteiger partial charge is 0.380 e. The Labute approximate surface area is 89.5 Å². The molecule has 15 heavy (non-hydrogen) atoms. The molecule has 5 nitrogen and oxygen atoms in total. The molecule has 0 bridgehead atoms. The summed E-state index contributed by atoms with van der Waals surface area (Å²) in [4.78, 5) is 13.9. The highest BCUT2D eigenvalue weighted by atomic mass is 16.5. The summed E-state index contributed by atoms with van der Waals surface area (Å²) in [5.74, 6) is 0.0190. The number of hydrogen-bond donors (Lipinski definition) is 1. The van der Waals surface area contributed by atoms with Crippen LogP contribution in [0.3, 0.4) is 0 Å². The summed E-state index contributed by atoms with van der Waals surface area (Å²) < 4.78 is 10.5. The summed E-state index contributed by atoms with van der Waals surface area (Å²) in [7, 11) is 0. The molecule has 0 aromatic heterocycles. The first-order valence-electron chi connectivity index (χ1n) is 5.46. The first-order chi connectivity index (χ1) is 7.22. The number of carbonyl (C=O) groups excluding carboxylic acids is 1. The van der Waals surface area contributed by atoms with Crippen LogP contribution in [0.5, 0.6) is 0 Å². The number of hydrogen-bond acceptors (Lipinski definition) is 4. The number of ether oxygens (including phenoxy) is 2. The molecule has 2 saturated heterocycles. The fourth-order valence-electron chi connectivity index (χ4n) is 2.01. The molecule has 2 N–H and O–H groups in total. The van der Waals surface area contributed by atoms with Crippen LogP contribution >= 0.6 is 0 Å². The van der Waals surface area contributed by atoms with Crippen molar-refractivity contribution < 1.29 is 14.3 Å². The van der Waals surface area contributed by atoms with E-state index >= 15 is 0 Å². The Bertz CT molecular complexity index is 231. The smallest absolute Gasteiger partial charge is 0.245 e. The minimum Gasteiger partial charge on any atom is -0.380 e. The number of nitrogens with zero attached hydrogens (tertiary/aromatic N) is 1. The lowest BCUT2D eigenvalue weighted by Gasteiger charge is -2.29. The maximum atomic E-state index is 12.1. The van der Waals surface area contributed by atoms with Crippen LogP contribution in [-0.2, 0) is 14.3 Å².